The van der Waals surface area contributed by atoms with Gasteiger partial charge in [-0.1, -0.05) is 37.0 Å². The molecule has 0 atom stereocenters. The highest BCUT2D eigenvalue weighted by Gasteiger charge is 2.42. The van der Waals surface area contributed by atoms with Gasteiger partial charge in [0.05, 0.1) is 19.6 Å². The van der Waals surface area contributed by atoms with Crippen LogP contribution in [0.25, 0.3) is 0 Å². The molecule has 1 fully saturated rings. The van der Waals surface area contributed by atoms with Crippen LogP contribution < -0.4 is 10.1 Å². The Morgan fingerprint density at radius 3 is 2.52 bits per heavy atom. The second-order valence-electron chi connectivity index (χ2n) is 6.78. The Bertz CT molecular complexity index is 606. The molecule has 25 heavy (non-hydrogen) atoms. The third-order valence-electron chi connectivity index (χ3n) is 4.67. The minimum Gasteiger partial charge on any atom is -0.493 e. The quantitative estimate of drug-likeness (QED) is 0.767. The van der Waals surface area contributed by atoms with Gasteiger partial charge in [-0.15, -0.1) is 0 Å². The van der Waals surface area contributed by atoms with Crippen LogP contribution >= 0.6 is 0 Å². The summed E-state index contributed by atoms with van der Waals surface area (Å²) in [6.45, 7) is 6.41. The molecule has 1 saturated carbocycles. The molecule has 1 amide bonds. The van der Waals surface area contributed by atoms with Gasteiger partial charge in [-0.25, -0.2) is 4.79 Å². The summed E-state index contributed by atoms with van der Waals surface area (Å²) in [5.74, 6) is 0.314. The number of esters is 1. The van der Waals surface area contributed by atoms with Crippen molar-refractivity contribution in [2.45, 2.75) is 64.8 Å². The Kier molecular flexibility index (Phi) is 6.85. The van der Waals surface area contributed by atoms with E-state index in [0.717, 1.165) is 30.6 Å². The van der Waals surface area contributed by atoms with E-state index in [1.807, 2.05) is 32.0 Å². The molecule has 0 radical (unpaired) electrons. The van der Waals surface area contributed by atoms with Crippen molar-refractivity contribution < 1.29 is 19.1 Å². The molecule has 1 aliphatic rings. The molecule has 0 unspecified atom stereocenters. The van der Waals surface area contributed by atoms with Crippen molar-refractivity contribution in [3.8, 4) is 5.75 Å². The zero-order chi connectivity index (χ0) is 18.3. The van der Waals surface area contributed by atoms with Crippen molar-refractivity contribution in [3.63, 3.8) is 0 Å². The van der Waals surface area contributed by atoms with Crippen LogP contribution in [-0.4, -0.2) is 30.6 Å². The minimum atomic E-state index is -0.856. The van der Waals surface area contributed by atoms with Crippen LogP contribution in [-0.2, 0) is 14.3 Å². The van der Waals surface area contributed by atoms with E-state index in [0.29, 0.717) is 19.4 Å². The van der Waals surface area contributed by atoms with Gasteiger partial charge >= 0.3 is 5.97 Å². The van der Waals surface area contributed by atoms with Crippen molar-refractivity contribution in [2.75, 3.05) is 13.2 Å². The van der Waals surface area contributed by atoms with Crippen molar-refractivity contribution in [1.29, 1.82) is 0 Å². The summed E-state index contributed by atoms with van der Waals surface area (Å²) in [7, 11) is 0. The molecule has 0 saturated heterocycles. The molecule has 0 bridgehead atoms. The molecule has 1 aromatic carbocycles. The third-order valence-corrected chi connectivity index (χ3v) is 4.67. The lowest BCUT2D eigenvalue weighted by Gasteiger charge is -2.35. The number of rotatable bonds is 7. The van der Waals surface area contributed by atoms with E-state index in [1.165, 1.54) is 5.56 Å². The zero-order valence-electron chi connectivity index (χ0n) is 15.5. The fraction of sp³-hybridized carbons (Fsp3) is 0.600. The highest BCUT2D eigenvalue weighted by atomic mass is 16.5. The second-order valence-corrected chi connectivity index (χ2v) is 6.78. The van der Waals surface area contributed by atoms with Crippen LogP contribution in [0.2, 0.25) is 0 Å². The summed E-state index contributed by atoms with van der Waals surface area (Å²) in [5.41, 5.74) is 1.37. The number of nitrogens with one attached hydrogen (secondary N) is 1. The van der Waals surface area contributed by atoms with E-state index in [9.17, 15) is 9.59 Å². The number of benzene rings is 1. The first-order valence-electron chi connectivity index (χ1n) is 9.15. The number of aryl methyl sites for hydroxylation is 2. The van der Waals surface area contributed by atoms with Crippen LogP contribution in [0.1, 0.15) is 56.6 Å². The maximum atomic E-state index is 12.4. The Morgan fingerprint density at radius 2 is 1.88 bits per heavy atom. The largest absolute Gasteiger partial charge is 0.493 e. The average molecular weight is 347 g/mol. The molecule has 5 heteroatoms. The van der Waals surface area contributed by atoms with Crippen LogP contribution in [0.4, 0.5) is 0 Å². The fourth-order valence-corrected chi connectivity index (χ4v) is 3.35. The first-order valence-corrected chi connectivity index (χ1v) is 9.15. The van der Waals surface area contributed by atoms with Gasteiger partial charge in [-0.2, -0.15) is 0 Å². The van der Waals surface area contributed by atoms with E-state index in [1.54, 1.807) is 6.92 Å². The van der Waals surface area contributed by atoms with Crippen molar-refractivity contribution in [1.82, 2.24) is 5.32 Å². The predicted octanol–water partition coefficient (Wildman–Crippen LogP) is 3.45. The average Bonchev–Trinajstić information content (AvgIpc) is 2.58. The van der Waals surface area contributed by atoms with Gasteiger partial charge in [0, 0.05) is 0 Å². The summed E-state index contributed by atoms with van der Waals surface area (Å²) in [6, 6.07) is 5.96. The Hall–Kier alpha value is -2.04. The van der Waals surface area contributed by atoms with Crippen molar-refractivity contribution in [2.24, 2.45) is 0 Å². The number of ether oxygens (including phenoxy) is 2. The van der Waals surface area contributed by atoms with Gasteiger partial charge in [0.2, 0.25) is 5.91 Å². The lowest BCUT2D eigenvalue weighted by atomic mass is 9.81. The molecule has 1 N–H and O–H groups in total. The van der Waals surface area contributed by atoms with Crippen LogP contribution in [0, 0.1) is 13.8 Å². The van der Waals surface area contributed by atoms with E-state index in [2.05, 4.69) is 5.32 Å². The maximum absolute atomic E-state index is 12.4. The standard InChI is InChI=1S/C20H29NO4/c1-4-24-19(23)20(11-6-5-7-12-20)21-18(22)10-13-25-17-9-8-15(2)14-16(17)3/h8-9,14H,4-7,10-13H2,1-3H3,(H,21,22). The van der Waals surface area contributed by atoms with Gasteiger partial charge < -0.3 is 14.8 Å². The molecule has 1 aliphatic carbocycles. The van der Waals surface area contributed by atoms with Crippen molar-refractivity contribution in [3.05, 3.63) is 29.3 Å². The first-order chi connectivity index (χ1) is 12.0. The number of carbonyl (C=O) groups is 2. The smallest absolute Gasteiger partial charge is 0.331 e. The maximum Gasteiger partial charge on any atom is 0.331 e. The van der Waals surface area contributed by atoms with Crippen molar-refractivity contribution >= 4 is 11.9 Å². The van der Waals surface area contributed by atoms with E-state index >= 15 is 0 Å². The summed E-state index contributed by atoms with van der Waals surface area (Å²) in [6.07, 6.45) is 4.46. The molecule has 0 heterocycles. The van der Waals surface area contributed by atoms with Gasteiger partial charge in [0.1, 0.15) is 11.3 Å². The molecule has 0 spiro atoms. The number of hydrogen-bond acceptors (Lipinski definition) is 4. The molecule has 138 valence electrons. The summed E-state index contributed by atoms with van der Waals surface area (Å²) >= 11 is 0. The molecule has 0 aliphatic heterocycles. The Balaban J connectivity index is 1.89. The van der Waals surface area contributed by atoms with E-state index in [4.69, 9.17) is 9.47 Å². The fourth-order valence-electron chi connectivity index (χ4n) is 3.35. The summed E-state index contributed by atoms with van der Waals surface area (Å²) < 4.78 is 10.9. The lowest BCUT2D eigenvalue weighted by Crippen LogP contribution is -2.56. The normalized spacial score (nSPS) is 16.1. The van der Waals surface area contributed by atoms with Gasteiger partial charge in [-0.3, -0.25) is 4.79 Å². The van der Waals surface area contributed by atoms with Crippen LogP contribution in [0.5, 0.6) is 5.75 Å². The topological polar surface area (TPSA) is 64.6 Å². The van der Waals surface area contributed by atoms with Gasteiger partial charge in [0.25, 0.3) is 0 Å². The number of amides is 1. The first kappa shape index (κ1) is 19.3. The monoisotopic (exact) mass is 347 g/mol. The SMILES string of the molecule is CCOC(=O)C1(NC(=O)CCOc2ccc(C)cc2C)CCCCC1. The lowest BCUT2D eigenvalue weighted by molar-refractivity contribution is -0.155. The third kappa shape index (κ3) is 5.21. The van der Waals surface area contributed by atoms with Crippen LogP contribution in [0.3, 0.4) is 0 Å². The Morgan fingerprint density at radius 1 is 1.16 bits per heavy atom. The summed E-state index contributed by atoms with van der Waals surface area (Å²) in [4.78, 5) is 24.7. The minimum absolute atomic E-state index is 0.167. The predicted molar refractivity (Wildman–Crippen MR) is 96.6 cm³/mol. The zero-order valence-corrected chi connectivity index (χ0v) is 15.5. The molecular weight excluding hydrogens is 318 g/mol. The second kappa shape index (κ2) is 8.88. The highest BCUT2D eigenvalue weighted by Crippen LogP contribution is 2.29. The molecule has 0 aromatic heterocycles. The van der Waals surface area contributed by atoms with Gasteiger partial charge in [-0.05, 0) is 45.2 Å². The summed E-state index contributed by atoms with van der Waals surface area (Å²) in [5, 5.41) is 2.93. The Labute approximate surface area is 150 Å². The number of carbonyl (C=O) groups excluding carboxylic acids is 2. The van der Waals surface area contributed by atoms with Gasteiger partial charge in [0.15, 0.2) is 0 Å². The van der Waals surface area contributed by atoms with E-state index < -0.39 is 5.54 Å². The molecule has 2 rings (SSSR count). The molecule has 5 nitrogen and oxygen atoms in total. The molecular formula is C20H29NO4. The van der Waals surface area contributed by atoms with Crippen LogP contribution in [0.15, 0.2) is 18.2 Å². The highest BCUT2D eigenvalue weighted by molar-refractivity contribution is 5.88. The van der Waals surface area contributed by atoms with E-state index in [-0.39, 0.29) is 24.9 Å². The molecule has 1 aromatic rings. The number of hydrogen-bond donors (Lipinski definition) is 1.